The van der Waals surface area contributed by atoms with Crippen molar-refractivity contribution in [3.05, 3.63) is 58.9 Å². The van der Waals surface area contributed by atoms with Crippen LogP contribution in [0.1, 0.15) is 26.3 Å². The number of benzene rings is 2. The second-order valence-corrected chi connectivity index (χ2v) is 6.30. The summed E-state index contributed by atoms with van der Waals surface area (Å²) in [6.07, 6.45) is 0. The molecule has 21 heavy (non-hydrogen) atoms. The Labute approximate surface area is 129 Å². The quantitative estimate of drug-likeness (QED) is 0.842. The van der Waals surface area contributed by atoms with E-state index < -0.39 is 5.82 Å². The summed E-state index contributed by atoms with van der Waals surface area (Å²) in [4.78, 5) is 0. The van der Waals surface area contributed by atoms with Gasteiger partial charge < -0.3 is 10.1 Å². The Bertz CT molecular complexity index is 622. The number of hydrogen-bond donors (Lipinski definition) is 1. The van der Waals surface area contributed by atoms with Crippen molar-refractivity contribution in [3.63, 3.8) is 0 Å². The molecule has 0 aromatic heterocycles. The van der Waals surface area contributed by atoms with Gasteiger partial charge >= 0.3 is 0 Å². The topological polar surface area (TPSA) is 21.3 Å². The third kappa shape index (κ3) is 4.73. The Kier molecular flexibility index (Phi) is 4.86. The predicted octanol–water partition coefficient (Wildman–Crippen LogP) is 5.16. The fourth-order valence-corrected chi connectivity index (χ4v) is 1.89. The molecule has 0 amide bonds. The van der Waals surface area contributed by atoms with Crippen LogP contribution >= 0.6 is 11.6 Å². The summed E-state index contributed by atoms with van der Waals surface area (Å²) in [5, 5.41) is 3.50. The molecule has 0 bridgehead atoms. The third-order valence-electron chi connectivity index (χ3n) is 2.90. The molecule has 0 fully saturated rings. The van der Waals surface area contributed by atoms with E-state index in [1.54, 1.807) is 6.07 Å². The zero-order valence-corrected chi connectivity index (χ0v) is 13.2. The fraction of sp³-hybridized carbons (Fsp3) is 0.294. The van der Waals surface area contributed by atoms with Crippen LogP contribution in [0.5, 0.6) is 11.5 Å². The molecule has 2 nitrogen and oxygen atoms in total. The van der Waals surface area contributed by atoms with Crippen molar-refractivity contribution in [3.8, 4) is 11.5 Å². The summed E-state index contributed by atoms with van der Waals surface area (Å²) in [7, 11) is 0. The van der Waals surface area contributed by atoms with Gasteiger partial charge in [-0.2, -0.15) is 0 Å². The molecule has 2 aromatic rings. The van der Waals surface area contributed by atoms with Crippen LogP contribution < -0.4 is 10.1 Å². The van der Waals surface area contributed by atoms with Crippen molar-refractivity contribution >= 4 is 11.6 Å². The standard InChI is InChI=1S/C17H19ClFNO/c1-17(2,3)20-11-12-6-4-5-7-16(12)21-13-8-9-14(18)15(19)10-13/h4-10,20H,11H2,1-3H3. The minimum atomic E-state index is -0.487. The van der Waals surface area contributed by atoms with Crippen LogP contribution in [0.2, 0.25) is 5.02 Å². The van der Waals surface area contributed by atoms with Gasteiger partial charge in [-0.15, -0.1) is 0 Å². The molecule has 0 saturated carbocycles. The minimum Gasteiger partial charge on any atom is -0.457 e. The van der Waals surface area contributed by atoms with Crippen LogP contribution in [0.4, 0.5) is 4.39 Å². The molecule has 0 aliphatic rings. The molecule has 0 saturated heterocycles. The van der Waals surface area contributed by atoms with Gasteiger partial charge in [0.25, 0.3) is 0 Å². The maximum absolute atomic E-state index is 13.5. The van der Waals surface area contributed by atoms with Gasteiger partial charge in [0.1, 0.15) is 17.3 Å². The van der Waals surface area contributed by atoms with E-state index in [9.17, 15) is 4.39 Å². The summed E-state index contributed by atoms with van der Waals surface area (Å²) < 4.78 is 19.2. The summed E-state index contributed by atoms with van der Waals surface area (Å²) in [6, 6.07) is 12.1. The van der Waals surface area contributed by atoms with Gasteiger partial charge in [0.05, 0.1) is 5.02 Å². The summed E-state index contributed by atoms with van der Waals surface area (Å²) >= 11 is 5.67. The van der Waals surface area contributed by atoms with Gasteiger partial charge in [0.2, 0.25) is 0 Å². The number of ether oxygens (including phenoxy) is 1. The Morgan fingerprint density at radius 2 is 1.86 bits per heavy atom. The molecule has 2 aromatic carbocycles. The maximum atomic E-state index is 13.5. The number of nitrogens with one attached hydrogen (secondary N) is 1. The first-order chi connectivity index (χ1) is 9.85. The molecule has 0 radical (unpaired) electrons. The van der Waals surface area contributed by atoms with Crippen LogP contribution in [0.15, 0.2) is 42.5 Å². The lowest BCUT2D eigenvalue weighted by Gasteiger charge is -2.21. The Hall–Kier alpha value is -1.58. The zero-order valence-electron chi connectivity index (χ0n) is 12.4. The highest BCUT2D eigenvalue weighted by Crippen LogP contribution is 2.28. The molecule has 0 aliphatic carbocycles. The molecule has 0 unspecified atom stereocenters. The second-order valence-electron chi connectivity index (χ2n) is 5.89. The number of halogens is 2. The predicted molar refractivity (Wildman–Crippen MR) is 84.5 cm³/mol. The monoisotopic (exact) mass is 307 g/mol. The van der Waals surface area contributed by atoms with Crippen molar-refractivity contribution in [2.45, 2.75) is 32.9 Å². The van der Waals surface area contributed by atoms with E-state index in [4.69, 9.17) is 16.3 Å². The maximum Gasteiger partial charge on any atom is 0.145 e. The average Bonchev–Trinajstić information content (AvgIpc) is 2.41. The molecule has 0 aliphatic heterocycles. The van der Waals surface area contributed by atoms with Crippen LogP contribution in [0.3, 0.4) is 0 Å². The van der Waals surface area contributed by atoms with Gasteiger partial charge in [0, 0.05) is 23.7 Å². The number of hydrogen-bond acceptors (Lipinski definition) is 2. The average molecular weight is 308 g/mol. The molecule has 1 N–H and O–H groups in total. The fourth-order valence-electron chi connectivity index (χ4n) is 1.78. The van der Waals surface area contributed by atoms with E-state index in [1.165, 1.54) is 12.1 Å². The molecule has 2 rings (SSSR count). The van der Waals surface area contributed by atoms with E-state index in [-0.39, 0.29) is 10.6 Å². The van der Waals surface area contributed by atoms with Crippen LogP contribution in [-0.2, 0) is 6.54 Å². The Morgan fingerprint density at radius 3 is 2.52 bits per heavy atom. The molecular weight excluding hydrogens is 289 g/mol. The molecule has 0 spiro atoms. The molecule has 0 atom stereocenters. The Balaban J connectivity index is 2.17. The summed E-state index contributed by atoms with van der Waals surface area (Å²) in [6.45, 7) is 6.98. The third-order valence-corrected chi connectivity index (χ3v) is 3.21. The van der Waals surface area contributed by atoms with Gasteiger partial charge in [0.15, 0.2) is 0 Å². The summed E-state index contributed by atoms with van der Waals surface area (Å²) in [5.74, 6) is 0.649. The van der Waals surface area contributed by atoms with E-state index >= 15 is 0 Å². The van der Waals surface area contributed by atoms with Crippen LogP contribution in [0, 0.1) is 5.82 Å². The lowest BCUT2D eigenvalue weighted by Crippen LogP contribution is -2.35. The van der Waals surface area contributed by atoms with Crippen molar-refractivity contribution in [2.24, 2.45) is 0 Å². The molecular formula is C17H19ClFNO. The van der Waals surface area contributed by atoms with E-state index in [0.717, 1.165) is 5.56 Å². The zero-order chi connectivity index (χ0) is 15.5. The Morgan fingerprint density at radius 1 is 1.14 bits per heavy atom. The smallest absolute Gasteiger partial charge is 0.145 e. The molecule has 0 heterocycles. The second kappa shape index (κ2) is 6.46. The minimum absolute atomic E-state index is 0.0134. The number of rotatable bonds is 4. The molecule has 112 valence electrons. The largest absolute Gasteiger partial charge is 0.457 e. The van der Waals surface area contributed by atoms with E-state index in [1.807, 2.05) is 24.3 Å². The summed E-state index contributed by atoms with van der Waals surface area (Å²) in [5.41, 5.74) is 1.03. The van der Waals surface area contributed by atoms with Gasteiger partial charge in [-0.1, -0.05) is 29.8 Å². The van der Waals surface area contributed by atoms with Crippen LogP contribution in [0.25, 0.3) is 0 Å². The van der Waals surface area contributed by atoms with Crippen molar-refractivity contribution in [1.29, 1.82) is 0 Å². The lowest BCUT2D eigenvalue weighted by atomic mass is 10.1. The van der Waals surface area contributed by atoms with Crippen LogP contribution in [-0.4, -0.2) is 5.54 Å². The van der Waals surface area contributed by atoms with Crippen molar-refractivity contribution < 1.29 is 9.13 Å². The van der Waals surface area contributed by atoms with E-state index in [2.05, 4.69) is 26.1 Å². The number of para-hydroxylation sites is 1. The highest BCUT2D eigenvalue weighted by molar-refractivity contribution is 6.30. The van der Waals surface area contributed by atoms with Gasteiger partial charge in [-0.05, 0) is 39.0 Å². The first-order valence-corrected chi connectivity index (χ1v) is 7.19. The first kappa shape index (κ1) is 15.8. The van der Waals surface area contributed by atoms with Crippen molar-refractivity contribution in [2.75, 3.05) is 0 Å². The van der Waals surface area contributed by atoms with Crippen molar-refractivity contribution in [1.82, 2.24) is 5.32 Å². The highest BCUT2D eigenvalue weighted by Gasteiger charge is 2.11. The van der Waals surface area contributed by atoms with E-state index in [0.29, 0.717) is 18.0 Å². The highest BCUT2D eigenvalue weighted by atomic mass is 35.5. The molecule has 4 heteroatoms. The lowest BCUT2D eigenvalue weighted by molar-refractivity contribution is 0.414. The normalized spacial score (nSPS) is 11.5. The van der Waals surface area contributed by atoms with Gasteiger partial charge in [-0.3, -0.25) is 0 Å². The SMILES string of the molecule is CC(C)(C)NCc1ccccc1Oc1ccc(Cl)c(F)c1. The first-order valence-electron chi connectivity index (χ1n) is 6.81. The van der Waals surface area contributed by atoms with Gasteiger partial charge in [-0.25, -0.2) is 4.39 Å².